The minimum atomic E-state index is -0.0974. The summed E-state index contributed by atoms with van der Waals surface area (Å²) in [6.45, 7) is 3.71. The van der Waals surface area contributed by atoms with Gasteiger partial charge in [-0.3, -0.25) is 9.78 Å². The first kappa shape index (κ1) is 21.3. The summed E-state index contributed by atoms with van der Waals surface area (Å²) in [6, 6.07) is 12.2. The molecular weight excluding hydrogens is 414 g/mol. The van der Waals surface area contributed by atoms with Crippen LogP contribution >= 0.6 is 12.4 Å². The van der Waals surface area contributed by atoms with Crippen molar-refractivity contribution in [2.24, 2.45) is 0 Å². The van der Waals surface area contributed by atoms with E-state index in [1.807, 2.05) is 17.0 Å². The molecule has 0 bridgehead atoms. The number of aromatic nitrogens is 2. The van der Waals surface area contributed by atoms with E-state index in [4.69, 9.17) is 4.42 Å². The molecule has 0 saturated carbocycles. The molecule has 2 aliphatic rings. The fraction of sp³-hybridized carbons (Fsp3) is 0.348. The lowest BCUT2D eigenvalue weighted by Gasteiger charge is -2.37. The molecule has 2 fully saturated rings. The van der Waals surface area contributed by atoms with E-state index in [2.05, 4.69) is 44.5 Å². The summed E-state index contributed by atoms with van der Waals surface area (Å²) in [5.41, 5.74) is 3.03. The normalized spacial score (nSPS) is 21.0. The van der Waals surface area contributed by atoms with Gasteiger partial charge in [-0.2, -0.15) is 0 Å². The van der Waals surface area contributed by atoms with Crippen LogP contribution in [0.2, 0.25) is 0 Å². The number of benzene rings is 1. The monoisotopic (exact) mass is 439 g/mol. The predicted octanol–water partition coefficient (Wildman–Crippen LogP) is 2.95. The number of rotatable bonds is 4. The van der Waals surface area contributed by atoms with Gasteiger partial charge in [0.1, 0.15) is 5.69 Å². The third-order valence-corrected chi connectivity index (χ3v) is 6.06. The van der Waals surface area contributed by atoms with Crippen LogP contribution in [-0.2, 0) is 4.79 Å². The highest BCUT2D eigenvalue weighted by Crippen LogP contribution is 2.29. The average molecular weight is 440 g/mol. The molecule has 2 aromatic heterocycles. The van der Waals surface area contributed by atoms with Crippen molar-refractivity contribution in [1.29, 1.82) is 0 Å². The molecule has 1 N–H and O–H groups in total. The van der Waals surface area contributed by atoms with E-state index in [-0.39, 0.29) is 24.4 Å². The third kappa shape index (κ3) is 4.43. The van der Waals surface area contributed by atoms with Crippen molar-refractivity contribution < 1.29 is 9.21 Å². The second-order valence-electron chi connectivity index (χ2n) is 7.86. The van der Waals surface area contributed by atoms with Gasteiger partial charge in [0.15, 0.2) is 5.82 Å². The van der Waals surface area contributed by atoms with Crippen molar-refractivity contribution in [2.45, 2.75) is 18.4 Å². The van der Waals surface area contributed by atoms with Crippen molar-refractivity contribution in [3.8, 4) is 11.3 Å². The van der Waals surface area contributed by atoms with Gasteiger partial charge in [0, 0.05) is 50.7 Å². The van der Waals surface area contributed by atoms with Gasteiger partial charge < -0.3 is 19.5 Å². The number of piperazine rings is 1. The number of nitrogens with one attached hydrogen (secondary N) is 1. The highest BCUT2D eigenvalue weighted by molar-refractivity contribution is 5.85. The van der Waals surface area contributed by atoms with Gasteiger partial charge in [-0.1, -0.05) is 30.3 Å². The summed E-state index contributed by atoms with van der Waals surface area (Å²) in [4.78, 5) is 26.3. The van der Waals surface area contributed by atoms with Crippen LogP contribution in [0.25, 0.3) is 11.3 Å². The molecule has 0 aliphatic carbocycles. The summed E-state index contributed by atoms with van der Waals surface area (Å²) in [7, 11) is 0. The second kappa shape index (κ2) is 9.49. The number of carbonyl (C=O) groups is 1. The fourth-order valence-corrected chi connectivity index (χ4v) is 4.43. The first-order chi connectivity index (χ1) is 14.8. The van der Waals surface area contributed by atoms with Gasteiger partial charge in [-0.05, 0) is 24.0 Å². The standard InChI is InChI=1S/C23H25N5O2.ClH/c29-23(20-14-19(15-26-20)17-4-2-1-3-5-17)28-11-9-27(10-12-28)22-21(24-7-8-25-22)18-6-13-30-16-18;/h1-8,13,16,19-20,26H,9-12,14-15H2;1H/t19-,20-;/m1./s1. The molecule has 1 amide bonds. The van der Waals surface area contributed by atoms with E-state index >= 15 is 0 Å². The smallest absolute Gasteiger partial charge is 0.239 e. The van der Waals surface area contributed by atoms with Crippen molar-refractivity contribution in [3.63, 3.8) is 0 Å². The van der Waals surface area contributed by atoms with E-state index < -0.39 is 0 Å². The van der Waals surface area contributed by atoms with E-state index in [0.717, 1.165) is 43.1 Å². The van der Waals surface area contributed by atoms with Crippen molar-refractivity contribution in [3.05, 3.63) is 66.9 Å². The topological polar surface area (TPSA) is 74.5 Å². The van der Waals surface area contributed by atoms with Gasteiger partial charge >= 0.3 is 0 Å². The fourth-order valence-electron chi connectivity index (χ4n) is 4.43. The number of furan rings is 1. The zero-order valence-corrected chi connectivity index (χ0v) is 18.0. The quantitative estimate of drug-likeness (QED) is 0.673. The number of carbonyl (C=O) groups excluding carboxylic acids is 1. The van der Waals surface area contributed by atoms with Crippen LogP contribution in [0.1, 0.15) is 17.9 Å². The molecule has 2 saturated heterocycles. The summed E-state index contributed by atoms with van der Waals surface area (Å²) in [5.74, 6) is 1.45. The SMILES string of the molecule is Cl.O=C([C@H]1C[C@@H](c2ccccc2)CN1)N1CCN(c2nccnc2-c2ccoc2)CC1. The van der Waals surface area contributed by atoms with Gasteiger partial charge in [-0.15, -0.1) is 12.4 Å². The Kier molecular flexibility index (Phi) is 6.53. The van der Waals surface area contributed by atoms with Crippen molar-refractivity contribution in [2.75, 3.05) is 37.6 Å². The minimum absolute atomic E-state index is 0. The maximum Gasteiger partial charge on any atom is 0.239 e. The number of anilines is 1. The van der Waals surface area contributed by atoms with Crippen molar-refractivity contribution >= 4 is 24.1 Å². The Morgan fingerprint density at radius 3 is 2.55 bits per heavy atom. The van der Waals surface area contributed by atoms with Crippen LogP contribution in [0, 0.1) is 0 Å². The molecule has 1 aromatic carbocycles. The van der Waals surface area contributed by atoms with Crippen LogP contribution in [0.4, 0.5) is 5.82 Å². The summed E-state index contributed by atoms with van der Waals surface area (Å²) in [5, 5.41) is 3.44. The third-order valence-electron chi connectivity index (χ3n) is 6.06. The summed E-state index contributed by atoms with van der Waals surface area (Å²) >= 11 is 0. The van der Waals surface area contributed by atoms with E-state index in [1.54, 1.807) is 24.9 Å². The molecule has 3 aromatic rings. The van der Waals surface area contributed by atoms with Crippen LogP contribution < -0.4 is 10.2 Å². The lowest BCUT2D eigenvalue weighted by atomic mass is 9.96. The number of amides is 1. The Balaban J connectivity index is 0.00000231. The van der Waals surface area contributed by atoms with E-state index in [0.29, 0.717) is 19.0 Å². The molecule has 162 valence electrons. The molecule has 0 spiro atoms. The zero-order valence-electron chi connectivity index (χ0n) is 17.2. The van der Waals surface area contributed by atoms with Crippen LogP contribution in [0.5, 0.6) is 0 Å². The summed E-state index contributed by atoms with van der Waals surface area (Å²) in [6.07, 6.45) is 7.59. The molecule has 0 radical (unpaired) electrons. The number of halogens is 1. The average Bonchev–Trinajstić information content (AvgIpc) is 3.52. The van der Waals surface area contributed by atoms with Crippen LogP contribution in [-0.4, -0.2) is 59.5 Å². The number of hydrogen-bond donors (Lipinski definition) is 1. The number of nitrogens with zero attached hydrogens (tertiary/aromatic N) is 4. The highest BCUT2D eigenvalue weighted by atomic mass is 35.5. The molecule has 0 unspecified atom stereocenters. The van der Waals surface area contributed by atoms with Gasteiger partial charge in [0.2, 0.25) is 5.91 Å². The molecular formula is C23H26ClN5O2. The molecule has 31 heavy (non-hydrogen) atoms. The Hall–Kier alpha value is -2.90. The van der Waals surface area contributed by atoms with Gasteiger partial charge in [0.25, 0.3) is 0 Å². The maximum atomic E-state index is 13.1. The summed E-state index contributed by atoms with van der Waals surface area (Å²) < 4.78 is 5.21. The Bertz CT molecular complexity index is 990. The first-order valence-electron chi connectivity index (χ1n) is 10.5. The lowest BCUT2D eigenvalue weighted by Crippen LogP contribution is -2.53. The zero-order chi connectivity index (χ0) is 20.3. The minimum Gasteiger partial charge on any atom is -0.472 e. The predicted molar refractivity (Wildman–Crippen MR) is 121 cm³/mol. The Morgan fingerprint density at radius 2 is 1.81 bits per heavy atom. The van der Waals surface area contributed by atoms with Gasteiger partial charge in [-0.25, -0.2) is 4.98 Å². The molecule has 5 rings (SSSR count). The largest absolute Gasteiger partial charge is 0.472 e. The second-order valence-corrected chi connectivity index (χ2v) is 7.86. The molecule has 8 heteroatoms. The van der Waals surface area contributed by atoms with E-state index in [9.17, 15) is 4.79 Å². The van der Waals surface area contributed by atoms with Crippen LogP contribution in [0.15, 0.2) is 65.7 Å². The first-order valence-corrected chi connectivity index (χ1v) is 10.5. The maximum absolute atomic E-state index is 13.1. The van der Waals surface area contributed by atoms with Gasteiger partial charge in [0.05, 0.1) is 18.6 Å². The highest BCUT2D eigenvalue weighted by Gasteiger charge is 2.34. The Morgan fingerprint density at radius 1 is 1.03 bits per heavy atom. The lowest BCUT2D eigenvalue weighted by molar-refractivity contribution is -0.133. The number of hydrogen-bond acceptors (Lipinski definition) is 6. The molecule has 2 aliphatic heterocycles. The van der Waals surface area contributed by atoms with E-state index in [1.165, 1.54) is 5.56 Å². The molecule has 2 atom stereocenters. The molecule has 7 nitrogen and oxygen atoms in total. The van der Waals surface area contributed by atoms with Crippen LogP contribution in [0.3, 0.4) is 0 Å². The molecule has 4 heterocycles. The Labute approximate surface area is 187 Å². The van der Waals surface area contributed by atoms with Crippen molar-refractivity contribution in [1.82, 2.24) is 20.2 Å².